The summed E-state index contributed by atoms with van der Waals surface area (Å²) in [5.41, 5.74) is 7.24. The third-order valence-corrected chi connectivity index (χ3v) is 16.7. The molecular weight excluding hydrogens is 961 g/mol. The van der Waals surface area contributed by atoms with Crippen LogP contribution in [0.15, 0.2) is 148 Å². The van der Waals surface area contributed by atoms with Gasteiger partial charge in [-0.15, -0.1) is 0 Å². The summed E-state index contributed by atoms with van der Waals surface area (Å²) in [6.07, 6.45) is 5.10. The Morgan fingerprint density at radius 1 is 0.475 bits per heavy atom. The largest absolute Gasteiger partial charge is 0.282 e. The van der Waals surface area contributed by atoms with Gasteiger partial charge in [0, 0.05) is 38.3 Å². The second kappa shape index (κ2) is 22.9. The van der Waals surface area contributed by atoms with Crippen LogP contribution in [0.3, 0.4) is 0 Å². The first-order valence-electron chi connectivity index (χ1n) is 19.1. The molecule has 0 aliphatic carbocycles. The van der Waals surface area contributed by atoms with Crippen LogP contribution >= 0.6 is 90.7 Å². The molecule has 0 aliphatic rings. The van der Waals surface area contributed by atoms with Gasteiger partial charge >= 0.3 is 0 Å². The fourth-order valence-electron chi connectivity index (χ4n) is 5.74. The molecule has 4 rings (SSSR count). The summed E-state index contributed by atoms with van der Waals surface area (Å²) in [6.45, 7) is 26.8. The van der Waals surface area contributed by atoms with Gasteiger partial charge in [-0.2, -0.15) is 0 Å². The topological polar surface area (TPSA) is 68.3 Å². The van der Waals surface area contributed by atoms with Crippen LogP contribution in [0.4, 0.5) is 0 Å². The lowest BCUT2D eigenvalue weighted by Crippen LogP contribution is -2.03. The van der Waals surface area contributed by atoms with Crippen molar-refractivity contribution in [2.75, 3.05) is 0 Å². The van der Waals surface area contributed by atoms with Gasteiger partial charge in [0.15, 0.2) is 0 Å². The van der Waals surface area contributed by atoms with Gasteiger partial charge in [-0.25, -0.2) is 0 Å². The van der Waals surface area contributed by atoms with Gasteiger partial charge in [0.1, 0.15) is 0 Å². The Bertz CT molecular complexity index is 2200. The van der Waals surface area contributed by atoms with Crippen molar-refractivity contribution in [1.82, 2.24) is 0 Å². The second-order valence-corrected chi connectivity index (χ2v) is 20.8. The molecule has 0 bridgehead atoms. The Balaban J connectivity index is 2.06. The molecule has 0 radical (unpaired) electrons. The minimum atomic E-state index is -0.137. The quantitative estimate of drug-likeness (QED) is 0.0716. The van der Waals surface area contributed by atoms with Crippen LogP contribution in [0, 0.1) is 0 Å². The lowest BCUT2D eigenvalue weighted by Gasteiger charge is -2.23. The first-order chi connectivity index (χ1) is 28.0. The van der Waals surface area contributed by atoms with Crippen LogP contribution in [-0.4, -0.2) is 20.5 Å². The number of carbonyl (C=O) groups excluding carboxylic acids is 4. The summed E-state index contributed by atoms with van der Waals surface area (Å²) in [5, 5.41) is -0.541. The summed E-state index contributed by atoms with van der Waals surface area (Å²) in [6, 6.07) is 20.0. The molecule has 4 nitrogen and oxygen atoms in total. The number of rotatable bonds is 18. The smallest absolute Gasteiger partial charge is 0.219 e. The molecule has 4 aromatic rings. The first-order valence-corrected chi connectivity index (χ1v) is 24.7. The molecule has 0 aliphatic heterocycles. The third-order valence-electron chi connectivity index (χ3n) is 8.90. The Morgan fingerprint density at radius 3 is 1.08 bits per heavy atom. The lowest BCUT2D eigenvalue weighted by atomic mass is 9.99. The van der Waals surface area contributed by atoms with E-state index in [1.54, 1.807) is 39.5 Å². The molecule has 0 spiro atoms. The zero-order valence-electron chi connectivity index (χ0n) is 34.3. The van der Waals surface area contributed by atoms with Crippen molar-refractivity contribution in [3.8, 4) is 22.3 Å². The number of hydrogen-bond donors (Lipinski definition) is 0. The maximum Gasteiger partial charge on any atom is 0.219 e. The molecule has 0 heterocycles. The molecule has 4 aromatic carbocycles. The van der Waals surface area contributed by atoms with Crippen LogP contribution < -0.4 is 0 Å². The zero-order chi connectivity index (χ0) is 43.6. The lowest BCUT2D eigenvalue weighted by molar-refractivity contribution is -0.108. The molecule has 0 unspecified atom stereocenters. The summed E-state index contributed by atoms with van der Waals surface area (Å²) in [7, 11) is 0. The number of carbonyl (C=O) groups is 4. The highest BCUT2D eigenvalue weighted by Crippen LogP contribution is 2.50. The molecule has 0 aromatic heterocycles. The van der Waals surface area contributed by atoms with E-state index in [4.69, 9.17) is 0 Å². The van der Waals surface area contributed by atoms with E-state index < -0.39 is 0 Å². The standard InChI is InChI=1S/C48H48Br2O4S5/c1-11-13-17-35-39(25-23-33(41(35)56-45(51)27(3)4)31-19-15-21-37(49)43(31)58-47(53)29(7)8)55-40-26-24-34(42(36(40)18-14-12-2)57-46(52)28(5)6)32-20-16-22-38(50)44(32)59-48(54)30(9)10/h15-16,19-26H,3,5,7,9,11-14,17-18H2,1-2,4,6,8,10H3. The molecule has 0 fully saturated rings. The summed E-state index contributed by atoms with van der Waals surface area (Å²) < 4.78 is 1.55. The Hall–Kier alpha value is -2.77. The predicted molar refractivity (Wildman–Crippen MR) is 263 cm³/mol. The van der Waals surface area contributed by atoms with Crippen LogP contribution in [-0.2, 0) is 32.0 Å². The zero-order valence-corrected chi connectivity index (χ0v) is 41.5. The molecular formula is C48H48Br2O4S5. The number of halogens is 2. The molecule has 0 N–H and O–H groups in total. The van der Waals surface area contributed by atoms with Crippen LogP contribution in [0.1, 0.15) is 78.4 Å². The molecule has 0 amide bonds. The van der Waals surface area contributed by atoms with E-state index in [-0.39, 0.29) is 20.5 Å². The van der Waals surface area contributed by atoms with Gasteiger partial charge < -0.3 is 0 Å². The maximum absolute atomic E-state index is 13.6. The van der Waals surface area contributed by atoms with Crippen molar-refractivity contribution in [1.29, 1.82) is 0 Å². The molecule has 0 saturated heterocycles. The molecule has 59 heavy (non-hydrogen) atoms. The van der Waals surface area contributed by atoms with Gasteiger partial charge in [0.2, 0.25) is 20.5 Å². The Labute approximate surface area is 388 Å². The molecule has 0 atom stereocenters. The highest BCUT2D eigenvalue weighted by atomic mass is 79.9. The number of thioether (sulfide) groups is 4. The van der Waals surface area contributed by atoms with Crippen molar-refractivity contribution < 1.29 is 19.2 Å². The summed E-state index contributed by atoms with van der Waals surface area (Å²) in [5.74, 6) is 0. The number of unbranched alkanes of at least 4 members (excludes halogenated alkanes) is 2. The van der Waals surface area contributed by atoms with Crippen LogP contribution in [0.25, 0.3) is 22.3 Å². The Morgan fingerprint density at radius 2 is 0.780 bits per heavy atom. The van der Waals surface area contributed by atoms with Crippen molar-refractivity contribution >= 4 is 111 Å². The fraction of sp³-hybridized carbons (Fsp3) is 0.250. The van der Waals surface area contributed by atoms with E-state index in [1.807, 2.05) is 48.5 Å². The third kappa shape index (κ3) is 12.6. The van der Waals surface area contributed by atoms with Gasteiger partial charge in [-0.3, -0.25) is 19.2 Å². The van der Waals surface area contributed by atoms with Crippen LogP contribution in [0.5, 0.6) is 0 Å². The van der Waals surface area contributed by atoms with E-state index in [2.05, 4.69) is 84.2 Å². The van der Waals surface area contributed by atoms with E-state index in [1.165, 1.54) is 23.5 Å². The molecule has 308 valence electrons. The molecule has 11 heteroatoms. The summed E-state index contributed by atoms with van der Waals surface area (Å²) in [4.78, 5) is 58.5. The van der Waals surface area contributed by atoms with Gasteiger partial charge in [0.05, 0.1) is 0 Å². The minimum absolute atomic E-state index is 0.133. The van der Waals surface area contributed by atoms with Gasteiger partial charge in [-0.05, 0) is 212 Å². The van der Waals surface area contributed by atoms with Crippen LogP contribution in [0.2, 0.25) is 0 Å². The van der Waals surface area contributed by atoms with E-state index in [9.17, 15) is 19.2 Å². The SMILES string of the molecule is C=C(C)C(=O)Sc1c(Br)cccc1-c1ccc(Sc2ccc(-c3cccc(Br)c3SC(=O)C(=C)C)c(SC(=O)C(=C)C)c2CCCC)c(CCCC)c1SC(=O)C(=C)C. The van der Waals surface area contributed by atoms with E-state index in [0.29, 0.717) is 35.1 Å². The summed E-state index contributed by atoms with van der Waals surface area (Å²) >= 11 is 13.6. The minimum Gasteiger partial charge on any atom is -0.282 e. The fourth-order valence-corrected chi connectivity index (χ4v) is 11.8. The number of benzene rings is 4. The van der Waals surface area contributed by atoms with E-state index >= 15 is 0 Å². The first kappa shape index (κ1) is 48.9. The van der Waals surface area contributed by atoms with E-state index in [0.717, 1.165) is 121 Å². The van der Waals surface area contributed by atoms with Crippen molar-refractivity contribution in [2.45, 2.75) is 109 Å². The highest BCUT2D eigenvalue weighted by Gasteiger charge is 2.26. The number of hydrogen-bond acceptors (Lipinski definition) is 9. The van der Waals surface area contributed by atoms with Crippen molar-refractivity contribution in [2.24, 2.45) is 0 Å². The second-order valence-electron chi connectivity index (χ2n) is 14.1. The van der Waals surface area contributed by atoms with Gasteiger partial charge in [0.25, 0.3) is 0 Å². The molecule has 0 saturated carbocycles. The monoisotopic (exact) mass is 1010 g/mol. The predicted octanol–water partition coefficient (Wildman–Crippen LogP) is 16.2. The van der Waals surface area contributed by atoms with Gasteiger partial charge in [-0.1, -0.05) is 101 Å². The van der Waals surface area contributed by atoms with Crippen molar-refractivity contribution in [3.05, 3.63) is 129 Å². The van der Waals surface area contributed by atoms with Crippen molar-refractivity contribution in [3.63, 3.8) is 0 Å². The average molecular weight is 1010 g/mol. The highest BCUT2D eigenvalue weighted by molar-refractivity contribution is 9.10. The Kier molecular flexibility index (Phi) is 19.0. The maximum atomic E-state index is 13.6. The average Bonchev–Trinajstić information content (AvgIpc) is 3.18. The normalized spacial score (nSPS) is 11.0.